The van der Waals surface area contributed by atoms with Crippen molar-refractivity contribution in [1.29, 1.82) is 0 Å². The van der Waals surface area contributed by atoms with Gasteiger partial charge >= 0.3 is 6.18 Å². The number of hydrogen-bond acceptors (Lipinski definition) is 2. The lowest BCUT2D eigenvalue weighted by Gasteiger charge is -2.10. The Morgan fingerprint density at radius 3 is 2.67 bits per heavy atom. The van der Waals surface area contributed by atoms with E-state index in [1.807, 2.05) is 25.1 Å². The van der Waals surface area contributed by atoms with Gasteiger partial charge in [-0.25, -0.2) is 0 Å². The third-order valence-corrected chi connectivity index (χ3v) is 2.48. The normalized spacial score (nSPS) is 11.6. The number of hydrogen-bond donors (Lipinski definition) is 1. The van der Waals surface area contributed by atoms with Crippen LogP contribution in [0.2, 0.25) is 5.02 Å². The van der Waals surface area contributed by atoms with Crippen molar-refractivity contribution in [3.8, 4) is 0 Å². The molecular weight excluding hydrogens is 267 g/mol. The molecule has 0 aliphatic heterocycles. The van der Waals surface area contributed by atoms with Gasteiger partial charge in [0.15, 0.2) is 0 Å². The van der Waals surface area contributed by atoms with E-state index in [-0.39, 0.29) is 6.61 Å². The van der Waals surface area contributed by atoms with Crippen molar-refractivity contribution in [2.75, 3.05) is 25.1 Å². The topological polar surface area (TPSA) is 21.3 Å². The summed E-state index contributed by atoms with van der Waals surface area (Å²) < 4.78 is 39.8. The van der Waals surface area contributed by atoms with E-state index in [0.717, 1.165) is 11.3 Å². The SMILES string of the molecule is Cc1ccc(NCCCOCC(F)(F)F)c(Cl)c1. The molecule has 18 heavy (non-hydrogen) atoms. The predicted octanol–water partition coefficient (Wildman–Crippen LogP) is 4.03. The van der Waals surface area contributed by atoms with Crippen LogP contribution in [-0.4, -0.2) is 25.9 Å². The first-order valence-electron chi connectivity index (χ1n) is 5.53. The molecule has 0 aliphatic carbocycles. The minimum atomic E-state index is -4.26. The second-order valence-corrected chi connectivity index (χ2v) is 4.34. The van der Waals surface area contributed by atoms with Crippen LogP contribution in [0, 0.1) is 6.92 Å². The van der Waals surface area contributed by atoms with Gasteiger partial charge < -0.3 is 10.1 Å². The molecule has 0 amide bonds. The van der Waals surface area contributed by atoms with Gasteiger partial charge in [-0.15, -0.1) is 0 Å². The molecule has 0 aromatic heterocycles. The van der Waals surface area contributed by atoms with Gasteiger partial charge in [0, 0.05) is 13.2 Å². The Hall–Kier alpha value is -0.940. The third kappa shape index (κ3) is 6.12. The van der Waals surface area contributed by atoms with Crippen molar-refractivity contribution in [1.82, 2.24) is 0 Å². The number of anilines is 1. The van der Waals surface area contributed by atoms with Crippen LogP contribution in [0.15, 0.2) is 18.2 Å². The van der Waals surface area contributed by atoms with E-state index in [4.69, 9.17) is 11.6 Å². The lowest BCUT2D eigenvalue weighted by molar-refractivity contribution is -0.173. The molecule has 1 aromatic rings. The number of rotatable bonds is 6. The summed E-state index contributed by atoms with van der Waals surface area (Å²) in [5, 5.41) is 3.65. The lowest BCUT2D eigenvalue weighted by Crippen LogP contribution is -2.18. The van der Waals surface area contributed by atoms with Crippen LogP contribution in [-0.2, 0) is 4.74 Å². The fourth-order valence-electron chi connectivity index (χ4n) is 1.35. The Morgan fingerprint density at radius 2 is 2.06 bits per heavy atom. The van der Waals surface area contributed by atoms with Crippen LogP contribution in [0.5, 0.6) is 0 Å². The fraction of sp³-hybridized carbons (Fsp3) is 0.500. The lowest BCUT2D eigenvalue weighted by atomic mass is 10.2. The Balaban J connectivity index is 2.18. The molecule has 2 nitrogen and oxygen atoms in total. The summed E-state index contributed by atoms with van der Waals surface area (Å²) in [4.78, 5) is 0. The number of nitrogens with one attached hydrogen (secondary N) is 1. The highest BCUT2D eigenvalue weighted by Crippen LogP contribution is 2.22. The number of benzene rings is 1. The molecule has 102 valence electrons. The molecule has 6 heteroatoms. The highest BCUT2D eigenvalue weighted by Gasteiger charge is 2.27. The van der Waals surface area contributed by atoms with E-state index >= 15 is 0 Å². The first-order chi connectivity index (χ1) is 8.38. The summed E-state index contributed by atoms with van der Waals surface area (Å²) >= 11 is 5.99. The Kier molecular flexibility index (Phi) is 5.75. The molecule has 1 N–H and O–H groups in total. The first-order valence-corrected chi connectivity index (χ1v) is 5.91. The van der Waals surface area contributed by atoms with Gasteiger partial charge in [-0.3, -0.25) is 0 Å². The molecule has 0 heterocycles. The van der Waals surface area contributed by atoms with Crippen LogP contribution in [0.1, 0.15) is 12.0 Å². The molecule has 0 unspecified atom stereocenters. The van der Waals surface area contributed by atoms with Crippen LogP contribution in [0.25, 0.3) is 0 Å². The maximum atomic E-state index is 11.8. The van der Waals surface area contributed by atoms with Gasteiger partial charge in [0.1, 0.15) is 6.61 Å². The van der Waals surface area contributed by atoms with Gasteiger partial charge in [0.2, 0.25) is 0 Å². The Labute approximate surface area is 109 Å². The van der Waals surface area contributed by atoms with Crippen LogP contribution < -0.4 is 5.32 Å². The summed E-state index contributed by atoms with van der Waals surface area (Å²) in [5.41, 5.74) is 1.83. The molecule has 1 rings (SSSR count). The van der Waals surface area contributed by atoms with Gasteiger partial charge in [-0.05, 0) is 31.0 Å². The maximum Gasteiger partial charge on any atom is 0.411 e. The summed E-state index contributed by atoms with van der Waals surface area (Å²) in [6.45, 7) is 1.32. The van der Waals surface area contributed by atoms with Gasteiger partial charge in [-0.1, -0.05) is 17.7 Å². The highest BCUT2D eigenvalue weighted by atomic mass is 35.5. The van der Waals surface area contributed by atoms with E-state index in [1.54, 1.807) is 0 Å². The molecule has 0 bridgehead atoms. The van der Waals surface area contributed by atoms with Gasteiger partial charge in [0.25, 0.3) is 0 Å². The van der Waals surface area contributed by atoms with Crippen molar-refractivity contribution in [3.63, 3.8) is 0 Å². The molecule has 1 aromatic carbocycles. The molecule has 0 fully saturated rings. The Morgan fingerprint density at radius 1 is 1.33 bits per heavy atom. The quantitative estimate of drug-likeness (QED) is 0.795. The third-order valence-electron chi connectivity index (χ3n) is 2.17. The van der Waals surface area contributed by atoms with Crippen molar-refractivity contribution in [2.45, 2.75) is 19.5 Å². The number of halogens is 4. The molecule has 0 saturated carbocycles. The number of aryl methyl sites for hydroxylation is 1. The van der Waals surface area contributed by atoms with Crippen LogP contribution >= 0.6 is 11.6 Å². The van der Waals surface area contributed by atoms with Crippen molar-refractivity contribution in [2.24, 2.45) is 0 Å². The van der Waals surface area contributed by atoms with E-state index in [0.29, 0.717) is 18.0 Å². The van der Waals surface area contributed by atoms with Crippen molar-refractivity contribution >= 4 is 17.3 Å². The second kappa shape index (κ2) is 6.85. The van der Waals surface area contributed by atoms with E-state index in [2.05, 4.69) is 10.1 Å². The van der Waals surface area contributed by atoms with Gasteiger partial charge in [-0.2, -0.15) is 13.2 Å². The average Bonchev–Trinajstić information content (AvgIpc) is 2.24. The van der Waals surface area contributed by atoms with Crippen molar-refractivity contribution < 1.29 is 17.9 Å². The minimum absolute atomic E-state index is 0.0655. The molecule has 0 atom stereocenters. The monoisotopic (exact) mass is 281 g/mol. The number of alkyl halides is 3. The zero-order valence-electron chi connectivity index (χ0n) is 9.98. The standard InChI is InChI=1S/C12H15ClF3NO/c1-9-3-4-11(10(13)7-9)17-5-2-6-18-8-12(14,15)16/h3-4,7,17H,2,5-6,8H2,1H3. The van der Waals surface area contributed by atoms with Crippen LogP contribution in [0.3, 0.4) is 0 Å². The van der Waals surface area contributed by atoms with E-state index in [9.17, 15) is 13.2 Å². The predicted molar refractivity (Wildman–Crippen MR) is 66.2 cm³/mol. The zero-order chi connectivity index (χ0) is 13.6. The summed E-state index contributed by atoms with van der Waals surface area (Å²) in [7, 11) is 0. The average molecular weight is 282 g/mol. The molecule has 0 radical (unpaired) electrons. The first kappa shape index (κ1) is 15.1. The smallest absolute Gasteiger partial charge is 0.384 e. The highest BCUT2D eigenvalue weighted by molar-refractivity contribution is 6.33. The van der Waals surface area contributed by atoms with E-state index < -0.39 is 12.8 Å². The maximum absolute atomic E-state index is 11.8. The second-order valence-electron chi connectivity index (χ2n) is 3.93. The van der Waals surface area contributed by atoms with E-state index in [1.165, 1.54) is 0 Å². The van der Waals surface area contributed by atoms with Crippen LogP contribution in [0.4, 0.5) is 18.9 Å². The Bertz CT molecular complexity index is 382. The van der Waals surface area contributed by atoms with Crippen molar-refractivity contribution in [3.05, 3.63) is 28.8 Å². The largest absolute Gasteiger partial charge is 0.411 e. The zero-order valence-corrected chi connectivity index (χ0v) is 10.7. The summed E-state index contributed by atoms with van der Waals surface area (Å²) in [5.74, 6) is 0. The minimum Gasteiger partial charge on any atom is -0.384 e. The molecule has 0 aliphatic rings. The summed E-state index contributed by atoms with van der Waals surface area (Å²) in [6.07, 6.45) is -3.77. The van der Waals surface area contributed by atoms with Gasteiger partial charge in [0.05, 0.1) is 10.7 Å². The molecular formula is C12H15ClF3NO. The molecule has 0 saturated heterocycles. The number of ether oxygens (including phenoxy) is 1. The summed E-state index contributed by atoms with van der Waals surface area (Å²) in [6, 6.07) is 5.58. The fourth-order valence-corrected chi connectivity index (χ4v) is 1.65. The molecule has 0 spiro atoms.